The molecule has 2 unspecified atom stereocenters. The Balaban J connectivity index is 2.76. The summed E-state index contributed by atoms with van der Waals surface area (Å²) in [7, 11) is -3.37. The summed E-state index contributed by atoms with van der Waals surface area (Å²) in [6.07, 6.45) is -2.52. The predicted molar refractivity (Wildman–Crippen MR) is 96.7 cm³/mol. The fourth-order valence-corrected chi connectivity index (χ4v) is 3.89. The molecule has 1 aromatic rings. The van der Waals surface area contributed by atoms with Crippen LogP contribution in [0.25, 0.3) is 0 Å². The third-order valence-electron chi connectivity index (χ3n) is 3.22. The monoisotopic (exact) mass is 391 g/mol. The Morgan fingerprint density at radius 3 is 2.00 bits per heavy atom. The van der Waals surface area contributed by atoms with Crippen molar-refractivity contribution in [2.24, 2.45) is 10.00 Å². The summed E-state index contributed by atoms with van der Waals surface area (Å²) in [5.41, 5.74) is 0.342. The van der Waals surface area contributed by atoms with E-state index in [1.165, 1.54) is 24.3 Å². The van der Waals surface area contributed by atoms with Gasteiger partial charge in [0.1, 0.15) is 0 Å². The van der Waals surface area contributed by atoms with Gasteiger partial charge in [-0.25, -0.2) is 0 Å². The van der Waals surface area contributed by atoms with Gasteiger partial charge in [0.15, 0.2) is 0 Å². The fourth-order valence-electron chi connectivity index (χ4n) is 2.10. The van der Waals surface area contributed by atoms with E-state index in [1.54, 1.807) is 20.8 Å². The number of rotatable bonds is 12. The molecule has 148 valence electrons. The van der Waals surface area contributed by atoms with Gasteiger partial charge in [-0.05, 0) is 0 Å². The third-order valence-corrected chi connectivity index (χ3v) is 5.54. The molecule has 10 nitrogen and oxygen atoms in total. The summed E-state index contributed by atoms with van der Waals surface area (Å²) in [4.78, 5) is 14.1. The number of benzene rings is 1. The zero-order valence-corrected chi connectivity index (χ0v) is 16.1. The van der Waals surface area contributed by atoms with Crippen molar-refractivity contribution >= 4 is 13.8 Å². The second-order valence-corrected chi connectivity index (χ2v) is 7.23. The average molecular weight is 391 g/mol. The molecular weight excluding hydrogens is 365 g/mol. The van der Waals surface area contributed by atoms with Gasteiger partial charge < -0.3 is 0 Å². The summed E-state index contributed by atoms with van der Waals surface area (Å²) >= 11 is 0. The molecule has 0 aliphatic rings. The zero-order chi connectivity index (χ0) is 19.6. The molecule has 0 radical (unpaired) electrons. The van der Waals surface area contributed by atoms with E-state index in [1.807, 2.05) is 0 Å². The third kappa shape index (κ3) is 6.99. The number of aliphatic hydroxyl groups excluding tert-OH is 2. The Kier molecular flexibility index (Phi) is 9.71. The van der Waals surface area contributed by atoms with E-state index in [9.17, 15) is 20.3 Å². The van der Waals surface area contributed by atoms with Crippen molar-refractivity contribution in [2.45, 2.75) is 39.5 Å². The van der Waals surface area contributed by atoms with E-state index in [2.05, 4.69) is 10.00 Å². The number of hydrogen-bond acceptors (Lipinski definition) is 9. The quantitative estimate of drug-likeness (QED) is 0.241. The van der Waals surface area contributed by atoms with Gasteiger partial charge in [0.05, 0.1) is 0 Å². The summed E-state index contributed by atoms with van der Waals surface area (Å²) in [6.45, 7) is 6.24. The standard InChI is InChI=1S/C15H26N3O7P/c1-4-23-26(24-5-2,25-6-3)17-16-15(20)11-14(19)12-7-9-13(10-8-12)18(21)22/h7-10,14-15,19-20,26H,4-6,11H2,1-3H3. The molecule has 0 saturated carbocycles. The first kappa shape index (κ1) is 22.5. The number of non-ortho nitro benzene ring substituents is 1. The van der Waals surface area contributed by atoms with Crippen molar-refractivity contribution < 1.29 is 28.7 Å². The first-order valence-electron chi connectivity index (χ1n) is 8.31. The van der Waals surface area contributed by atoms with Gasteiger partial charge in [-0.2, -0.15) is 0 Å². The molecule has 0 spiro atoms. The Hall–Kier alpha value is -1.55. The first-order chi connectivity index (χ1) is 12.4. The van der Waals surface area contributed by atoms with Crippen LogP contribution in [0.5, 0.6) is 0 Å². The van der Waals surface area contributed by atoms with E-state index in [0.717, 1.165) is 0 Å². The van der Waals surface area contributed by atoms with Gasteiger partial charge in [-0.1, -0.05) is 0 Å². The van der Waals surface area contributed by atoms with E-state index in [4.69, 9.17) is 13.6 Å². The van der Waals surface area contributed by atoms with Crippen LogP contribution in [0, 0.1) is 10.1 Å². The van der Waals surface area contributed by atoms with E-state index in [-0.39, 0.29) is 12.1 Å². The molecule has 11 heteroatoms. The molecule has 0 amide bonds. The number of aliphatic hydroxyl groups is 2. The van der Waals surface area contributed by atoms with Crippen molar-refractivity contribution in [1.82, 2.24) is 0 Å². The number of hydrogen-bond donors (Lipinski definition) is 2. The number of nitro groups is 1. The Morgan fingerprint density at radius 1 is 1.08 bits per heavy atom. The van der Waals surface area contributed by atoms with Crippen LogP contribution in [0.15, 0.2) is 34.3 Å². The molecule has 0 aromatic heterocycles. The molecule has 0 aliphatic heterocycles. The zero-order valence-electron chi connectivity index (χ0n) is 15.1. The van der Waals surface area contributed by atoms with Gasteiger partial charge in [-0.3, -0.25) is 0 Å². The summed E-state index contributed by atoms with van der Waals surface area (Å²) in [6, 6.07) is 5.41. The van der Waals surface area contributed by atoms with Gasteiger partial charge in [-0.15, -0.1) is 0 Å². The molecule has 1 aromatic carbocycles. The SMILES string of the molecule is CCO[PH](N=NC(O)CC(O)c1ccc([N+](=O)[O-])cc1)(OCC)OCC. The summed E-state index contributed by atoms with van der Waals surface area (Å²) in [5, 5.41) is 34.6. The van der Waals surface area contributed by atoms with Crippen LogP contribution in [-0.4, -0.2) is 41.2 Å². The molecule has 2 atom stereocenters. The van der Waals surface area contributed by atoms with Crippen molar-refractivity contribution in [3.8, 4) is 0 Å². The number of nitrogens with zero attached hydrogens (tertiary/aromatic N) is 3. The van der Waals surface area contributed by atoms with Gasteiger partial charge in [0.25, 0.3) is 0 Å². The fraction of sp³-hybridized carbons (Fsp3) is 0.600. The Bertz CT molecular complexity index is 568. The second-order valence-electron chi connectivity index (χ2n) is 5.12. The van der Waals surface area contributed by atoms with Gasteiger partial charge in [0.2, 0.25) is 0 Å². The maximum atomic E-state index is 10.6. The van der Waals surface area contributed by atoms with Crippen molar-refractivity contribution in [3.05, 3.63) is 39.9 Å². The molecule has 1 rings (SSSR count). The minimum atomic E-state index is -3.37. The van der Waals surface area contributed by atoms with Gasteiger partial charge >= 0.3 is 152 Å². The van der Waals surface area contributed by atoms with Crippen LogP contribution >= 0.6 is 8.09 Å². The average Bonchev–Trinajstić information content (AvgIpc) is 2.61. The van der Waals surface area contributed by atoms with E-state index in [0.29, 0.717) is 25.4 Å². The summed E-state index contributed by atoms with van der Waals surface area (Å²) < 4.78 is 16.4. The van der Waals surface area contributed by atoms with Crippen LogP contribution in [-0.2, 0) is 13.6 Å². The molecule has 0 bridgehead atoms. The first-order valence-corrected chi connectivity index (χ1v) is 9.99. The molecule has 26 heavy (non-hydrogen) atoms. The molecule has 0 aliphatic carbocycles. The van der Waals surface area contributed by atoms with Crippen molar-refractivity contribution in [3.63, 3.8) is 0 Å². The van der Waals surface area contributed by atoms with Crippen LogP contribution in [0.2, 0.25) is 0 Å². The predicted octanol–water partition coefficient (Wildman–Crippen LogP) is 3.31. The maximum absolute atomic E-state index is 10.6. The molecule has 0 heterocycles. The topological polar surface area (TPSA) is 136 Å². The van der Waals surface area contributed by atoms with Crippen molar-refractivity contribution in [1.29, 1.82) is 0 Å². The summed E-state index contributed by atoms with van der Waals surface area (Å²) in [5.74, 6) is 0. The molecular formula is C15H26N3O7P. The van der Waals surface area contributed by atoms with Crippen LogP contribution in [0.4, 0.5) is 5.69 Å². The second kappa shape index (κ2) is 11.2. The van der Waals surface area contributed by atoms with Crippen LogP contribution in [0.3, 0.4) is 0 Å². The Labute approximate surface area is 152 Å². The number of nitro benzene ring substituents is 1. The molecule has 2 N–H and O–H groups in total. The minimum absolute atomic E-state index is 0.0814. The van der Waals surface area contributed by atoms with Crippen LogP contribution in [0.1, 0.15) is 38.9 Å². The normalized spacial score (nSPS) is 15.1. The van der Waals surface area contributed by atoms with Crippen molar-refractivity contribution in [2.75, 3.05) is 19.8 Å². The Morgan fingerprint density at radius 2 is 1.58 bits per heavy atom. The molecule has 0 saturated heterocycles. The molecule has 0 fully saturated rings. The van der Waals surface area contributed by atoms with E-state index >= 15 is 0 Å². The van der Waals surface area contributed by atoms with E-state index < -0.39 is 25.3 Å². The van der Waals surface area contributed by atoms with Gasteiger partial charge in [0, 0.05) is 0 Å². The van der Waals surface area contributed by atoms with Crippen LogP contribution < -0.4 is 0 Å².